The van der Waals surface area contributed by atoms with Gasteiger partial charge in [0.15, 0.2) is 11.6 Å². The summed E-state index contributed by atoms with van der Waals surface area (Å²) >= 11 is 0. The molecule has 1 N–H and O–H groups in total. The number of aliphatic hydroxyl groups is 1. The van der Waals surface area contributed by atoms with Gasteiger partial charge in [-0.05, 0) is 31.9 Å². The van der Waals surface area contributed by atoms with Crippen LogP contribution in [0.4, 0.5) is 0 Å². The van der Waals surface area contributed by atoms with Crippen LogP contribution in [0.1, 0.15) is 37.5 Å². The van der Waals surface area contributed by atoms with E-state index in [4.69, 9.17) is 0 Å². The first-order chi connectivity index (χ1) is 10.0. The topological polar surface area (TPSA) is 63.8 Å². The van der Waals surface area contributed by atoms with E-state index in [0.717, 1.165) is 41.4 Å². The molecule has 2 rings (SSSR count). The molecule has 2 aromatic heterocycles. The molecule has 0 aromatic carbocycles. The molecule has 0 aliphatic rings. The molecule has 0 aliphatic heterocycles. The van der Waals surface area contributed by atoms with Gasteiger partial charge in [0.2, 0.25) is 0 Å². The van der Waals surface area contributed by atoms with E-state index < -0.39 is 0 Å². The summed E-state index contributed by atoms with van der Waals surface area (Å²) in [5.41, 5.74) is 2.91. The van der Waals surface area contributed by atoms with Gasteiger partial charge in [-0.2, -0.15) is 5.10 Å². The van der Waals surface area contributed by atoms with Crippen LogP contribution >= 0.6 is 0 Å². The highest BCUT2D eigenvalue weighted by Gasteiger charge is 2.15. The summed E-state index contributed by atoms with van der Waals surface area (Å²) in [6.07, 6.45) is 1.97. The number of nitrogens with zero attached hydrogens (tertiary/aromatic N) is 4. The van der Waals surface area contributed by atoms with Crippen molar-refractivity contribution in [1.29, 1.82) is 0 Å². The minimum absolute atomic E-state index is 0.0530. The lowest BCUT2D eigenvalue weighted by Crippen LogP contribution is -2.07. The molecule has 0 spiro atoms. The average Bonchev–Trinajstić information content (AvgIpc) is 2.81. The largest absolute Gasteiger partial charge is 0.394 e. The van der Waals surface area contributed by atoms with Gasteiger partial charge in [0.1, 0.15) is 0 Å². The molecule has 0 fully saturated rings. The summed E-state index contributed by atoms with van der Waals surface area (Å²) in [6.45, 7) is 8.83. The number of hydrogen-bond acceptors (Lipinski definition) is 4. The molecule has 1 atom stereocenters. The Bertz CT molecular complexity index is 606. The van der Waals surface area contributed by atoms with Crippen LogP contribution in [0, 0.1) is 19.8 Å². The molecule has 0 radical (unpaired) electrons. The van der Waals surface area contributed by atoms with E-state index in [1.54, 1.807) is 4.68 Å². The van der Waals surface area contributed by atoms with Gasteiger partial charge in [0.05, 0.1) is 13.2 Å². The molecule has 5 nitrogen and oxygen atoms in total. The van der Waals surface area contributed by atoms with Crippen molar-refractivity contribution in [2.45, 2.75) is 47.1 Å². The predicted molar refractivity (Wildman–Crippen MR) is 83.0 cm³/mol. The van der Waals surface area contributed by atoms with Crippen LogP contribution in [0.25, 0.3) is 11.4 Å². The molecular formula is C16H24N4O. The smallest absolute Gasteiger partial charge is 0.160 e. The highest BCUT2D eigenvalue weighted by Crippen LogP contribution is 2.22. The molecule has 2 aromatic rings. The third-order valence-corrected chi connectivity index (χ3v) is 3.72. The van der Waals surface area contributed by atoms with Crippen molar-refractivity contribution in [1.82, 2.24) is 19.7 Å². The zero-order valence-corrected chi connectivity index (χ0v) is 13.3. The monoisotopic (exact) mass is 288 g/mol. The summed E-state index contributed by atoms with van der Waals surface area (Å²) in [6, 6.07) is 4.01. The van der Waals surface area contributed by atoms with Crippen molar-refractivity contribution in [3.8, 4) is 11.4 Å². The second-order valence-electron chi connectivity index (χ2n) is 5.60. The zero-order valence-electron chi connectivity index (χ0n) is 13.3. The third kappa shape index (κ3) is 3.67. The van der Waals surface area contributed by atoms with Crippen LogP contribution in [0.3, 0.4) is 0 Å². The maximum atomic E-state index is 9.24. The average molecular weight is 288 g/mol. The second-order valence-corrected chi connectivity index (χ2v) is 5.60. The summed E-state index contributed by atoms with van der Waals surface area (Å²) in [7, 11) is 0. The standard InChI is InChI=1S/C16H24N4O/c1-5-11(2)10-15-18-16(20(19-15)8-9-21)14-7-6-12(3)17-13(14)4/h6-7,11,21H,5,8-10H2,1-4H3. The summed E-state index contributed by atoms with van der Waals surface area (Å²) in [5.74, 6) is 2.19. The molecule has 21 heavy (non-hydrogen) atoms. The van der Waals surface area contributed by atoms with E-state index in [9.17, 15) is 5.11 Å². The zero-order chi connectivity index (χ0) is 15.4. The molecule has 0 saturated heterocycles. The first-order valence-electron chi connectivity index (χ1n) is 7.54. The maximum Gasteiger partial charge on any atom is 0.160 e. The molecular weight excluding hydrogens is 264 g/mol. The van der Waals surface area contributed by atoms with Crippen LogP contribution in [-0.2, 0) is 13.0 Å². The minimum atomic E-state index is 0.0530. The van der Waals surface area contributed by atoms with Crippen molar-refractivity contribution in [3.63, 3.8) is 0 Å². The Morgan fingerprint density at radius 1 is 1.24 bits per heavy atom. The van der Waals surface area contributed by atoms with E-state index in [-0.39, 0.29) is 6.61 Å². The fraction of sp³-hybridized carbons (Fsp3) is 0.562. The molecule has 0 saturated carbocycles. The number of rotatable bonds is 6. The minimum Gasteiger partial charge on any atom is -0.394 e. The summed E-state index contributed by atoms with van der Waals surface area (Å²) in [4.78, 5) is 9.17. The second kappa shape index (κ2) is 6.80. The molecule has 114 valence electrons. The lowest BCUT2D eigenvalue weighted by molar-refractivity contribution is 0.269. The molecule has 1 unspecified atom stereocenters. The van der Waals surface area contributed by atoms with Crippen molar-refractivity contribution >= 4 is 0 Å². The summed E-state index contributed by atoms with van der Waals surface area (Å²) in [5, 5.41) is 13.8. The number of hydrogen-bond donors (Lipinski definition) is 1. The highest BCUT2D eigenvalue weighted by atomic mass is 16.3. The van der Waals surface area contributed by atoms with Crippen molar-refractivity contribution in [3.05, 3.63) is 29.3 Å². The van der Waals surface area contributed by atoms with E-state index >= 15 is 0 Å². The Morgan fingerprint density at radius 3 is 2.62 bits per heavy atom. The Morgan fingerprint density at radius 2 is 2.00 bits per heavy atom. The Balaban J connectivity index is 2.40. The third-order valence-electron chi connectivity index (χ3n) is 3.72. The Labute approximate surface area is 126 Å². The van der Waals surface area contributed by atoms with E-state index in [1.807, 2.05) is 26.0 Å². The van der Waals surface area contributed by atoms with Gasteiger partial charge in [-0.3, -0.25) is 4.98 Å². The Hall–Kier alpha value is -1.75. The predicted octanol–water partition coefficient (Wildman–Crippen LogP) is 2.54. The normalized spacial score (nSPS) is 12.6. The fourth-order valence-electron chi connectivity index (χ4n) is 2.30. The first-order valence-corrected chi connectivity index (χ1v) is 7.54. The van der Waals surface area contributed by atoms with Gasteiger partial charge in [-0.25, -0.2) is 9.67 Å². The van der Waals surface area contributed by atoms with Crippen LogP contribution in [0.2, 0.25) is 0 Å². The van der Waals surface area contributed by atoms with Gasteiger partial charge in [-0.1, -0.05) is 20.3 Å². The van der Waals surface area contributed by atoms with Gasteiger partial charge in [0.25, 0.3) is 0 Å². The fourth-order valence-corrected chi connectivity index (χ4v) is 2.30. The molecule has 0 bridgehead atoms. The van der Waals surface area contributed by atoms with Crippen molar-refractivity contribution < 1.29 is 5.11 Å². The Kier molecular flexibility index (Phi) is 5.07. The number of aryl methyl sites for hydroxylation is 2. The van der Waals surface area contributed by atoms with Gasteiger partial charge >= 0.3 is 0 Å². The number of pyridine rings is 1. The van der Waals surface area contributed by atoms with E-state index in [2.05, 4.69) is 28.9 Å². The maximum absolute atomic E-state index is 9.24. The molecule has 5 heteroatoms. The SMILES string of the molecule is CCC(C)Cc1nc(-c2ccc(C)nc2C)n(CCO)n1. The van der Waals surface area contributed by atoms with Gasteiger partial charge < -0.3 is 5.11 Å². The number of aromatic nitrogens is 4. The lowest BCUT2D eigenvalue weighted by Gasteiger charge is -2.07. The van der Waals surface area contributed by atoms with E-state index in [0.29, 0.717) is 12.5 Å². The number of aliphatic hydroxyl groups excluding tert-OH is 1. The van der Waals surface area contributed by atoms with Crippen molar-refractivity contribution in [2.24, 2.45) is 5.92 Å². The van der Waals surface area contributed by atoms with Crippen LogP contribution in [0.15, 0.2) is 12.1 Å². The molecule has 2 heterocycles. The molecule has 0 amide bonds. The lowest BCUT2D eigenvalue weighted by atomic mass is 10.1. The molecule has 0 aliphatic carbocycles. The first kappa shape index (κ1) is 15.6. The van der Waals surface area contributed by atoms with E-state index in [1.165, 1.54) is 0 Å². The van der Waals surface area contributed by atoms with Crippen LogP contribution in [-0.4, -0.2) is 31.5 Å². The summed E-state index contributed by atoms with van der Waals surface area (Å²) < 4.78 is 1.79. The van der Waals surface area contributed by atoms with Gasteiger partial charge in [0, 0.05) is 23.4 Å². The van der Waals surface area contributed by atoms with Crippen LogP contribution < -0.4 is 0 Å². The van der Waals surface area contributed by atoms with Crippen LogP contribution in [0.5, 0.6) is 0 Å². The highest BCUT2D eigenvalue weighted by molar-refractivity contribution is 5.58. The van der Waals surface area contributed by atoms with Crippen molar-refractivity contribution in [2.75, 3.05) is 6.61 Å². The van der Waals surface area contributed by atoms with Gasteiger partial charge in [-0.15, -0.1) is 0 Å². The quantitative estimate of drug-likeness (QED) is 0.887.